The summed E-state index contributed by atoms with van der Waals surface area (Å²) in [5, 5.41) is 3.38. The molecule has 0 bridgehead atoms. The van der Waals surface area contributed by atoms with Gasteiger partial charge in [-0.3, -0.25) is 5.09 Å². The molecule has 0 aromatic heterocycles. The molecule has 20 heavy (non-hydrogen) atoms. The van der Waals surface area contributed by atoms with E-state index in [1.54, 1.807) is 0 Å². The molecule has 1 aliphatic heterocycles. The van der Waals surface area contributed by atoms with Crippen molar-refractivity contribution in [2.24, 2.45) is 0 Å². The number of hydrogen-bond donors (Lipinski definition) is 1. The first-order valence-electron chi connectivity index (χ1n) is 8.02. The van der Waals surface area contributed by atoms with Crippen molar-refractivity contribution in [1.29, 1.82) is 0 Å². The second kappa shape index (κ2) is 8.75. The maximum atomic E-state index is 6.44. The first-order chi connectivity index (χ1) is 9.44. The zero-order chi connectivity index (χ0) is 15.3. The third-order valence-corrected chi connectivity index (χ3v) is 6.03. The Kier molecular flexibility index (Phi) is 8.07. The Hall–Kier alpha value is 0.400. The quantitative estimate of drug-likeness (QED) is 0.543. The van der Waals surface area contributed by atoms with Crippen molar-refractivity contribution in [3.63, 3.8) is 0 Å². The van der Waals surface area contributed by atoms with Crippen LogP contribution in [0.25, 0.3) is 0 Å². The van der Waals surface area contributed by atoms with Crippen LogP contribution in [0.3, 0.4) is 0 Å². The molecule has 0 aliphatic carbocycles. The van der Waals surface area contributed by atoms with Gasteiger partial charge in [0.25, 0.3) is 0 Å². The summed E-state index contributed by atoms with van der Waals surface area (Å²) >= 11 is 0. The van der Waals surface area contributed by atoms with Gasteiger partial charge in [-0.2, -0.15) is 0 Å². The van der Waals surface area contributed by atoms with Crippen molar-refractivity contribution in [2.75, 3.05) is 7.05 Å². The summed E-state index contributed by atoms with van der Waals surface area (Å²) in [5.74, 6) is 0. The van der Waals surface area contributed by atoms with Gasteiger partial charge >= 0.3 is 0 Å². The van der Waals surface area contributed by atoms with E-state index in [2.05, 4.69) is 52.1 Å². The van der Waals surface area contributed by atoms with Crippen molar-refractivity contribution < 1.29 is 9.26 Å². The Morgan fingerprint density at radius 1 is 1.40 bits per heavy atom. The lowest BCUT2D eigenvalue weighted by atomic mass is 9.51. The van der Waals surface area contributed by atoms with Gasteiger partial charge in [0.05, 0.1) is 19.9 Å². The molecule has 1 N–H and O–H groups in total. The van der Waals surface area contributed by atoms with Crippen LogP contribution in [0.4, 0.5) is 0 Å². The highest BCUT2D eigenvalue weighted by Gasteiger charge is 2.37. The molecule has 4 atom stereocenters. The second-order valence-corrected chi connectivity index (χ2v) is 7.72. The van der Waals surface area contributed by atoms with Gasteiger partial charge in [-0.25, -0.2) is 4.67 Å². The average Bonchev–Trinajstić information content (AvgIpc) is 2.79. The molecular formula is C13H31B2N2O2P. The van der Waals surface area contributed by atoms with Gasteiger partial charge in [0, 0.05) is 18.1 Å². The zero-order valence-electron chi connectivity index (χ0n) is 14.2. The molecule has 0 radical (unpaired) electrons. The van der Waals surface area contributed by atoms with Crippen molar-refractivity contribution in [3.8, 4) is 0 Å². The van der Waals surface area contributed by atoms with E-state index in [-0.39, 0.29) is 12.2 Å². The molecule has 1 aliphatic rings. The zero-order valence-corrected chi connectivity index (χ0v) is 15.1. The maximum absolute atomic E-state index is 6.44. The minimum atomic E-state index is -0.765. The second-order valence-electron chi connectivity index (χ2n) is 6.06. The normalized spacial score (nSPS) is 28.6. The first-order valence-corrected chi connectivity index (χ1v) is 9.23. The van der Waals surface area contributed by atoms with Crippen LogP contribution < -0.4 is 5.09 Å². The molecule has 0 saturated carbocycles. The topological polar surface area (TPSA) is 33.7 Å². The predicted molar refractivity (Wildman–Crippen MR) is 92.2 cm³/mol. The number of rotatable bonds is 8. The molecule has 1 rings (SSSR count). The average molecular weight is 300 g/mol. The van der Waals surface area contributed by atoms with Crippen LogP contribution in [0.5, 0.6) is 0 Å². The summed E-state index contributed by atoms with van der Waals surface area (Å²) in [4.78, 5) is 0. The molecule has 1 heterocycles. The summed E-state index contributed by atoms with van der Waals surface area (Å²) in [6, 6.07) is 1.31. The van der Waals surface area contributed by atoms with Crippen molar-refractivity contribution in [3.05, 3.63) is 0 Å². The molecule has 4 nitrogen and oxygen atoms in total. The van der Waals surface area contributed by atoms with Gasteiger partial charge in [-0.05, 0) is 47.6 Å². The fourth-order valence-electron chi connectivity index (χ4n) is 2.90. The smallest absolute Gasteiger partial charge is 0.185 e. The van der Waals surface area contributed by atoms with E-state index in [0.717, 1.165) is 20.0 Å². The minimum Gasteiger partial charge on any atom is -0.382 e. The number of nitrogens with one attached hydrogen (secondary N) is 1. The van der Waals surface area contributed by atoms with Crippen LogP contribution in [-0.4, -0.2) is 56.9 Å². The van der Waals surface area contributed by atoms with Gasteiger partial charge in [0.15, 0.2) is 8.45 Å². The van der Waals surface area contributed by atoms with Crippen LogP contribution in [-0.2, 0) is 9.26 Å². The van der Waals surface area contributed by atoms with E-state index in [0.29, 0.717) is 18.1 Å². The fourth-order valence-corrected chi connectivity index (χ4v) is 4.66. The van der Waals surface area contributed by atoms with Crippen LogP contribution in [0.15, 0.2) is 0 Å². The van der Waals surface area contributed by atoms with Gasteiger partial charge in [0.1, 0.15) is 7.17 Å². The minimum absolute atomic E-state index is 0.225. The van der Waals surface area contributed by atoms with E-state index in [4.69, 9.17) is 9.26 Å². The SMILES string of the molecule is BB[C@H]1CC(OP(NC)N(C(C)C)C(C)C)[C@@H](CC)O1. The van der Waals surface area contributed by atoms with E-state index >= 15 is 0 Å². The highest BCUT2D eigenvalue weighted by atomic mass is 31.2. The largest absolute Gasteiger partial charge is 0.382 e. The van der Waals surface area contributed by atoms with E-state index < -0.39 is 8.45 Å². The summed E-state index contributed by atoms with van der Waals surface area (Å²) in [7, 11) is 4.50. The van der Waals surface area contributed by atoms with Crippen molar-refractivity contribution in [1.82, 2.24) is 9.76 Å². The monoisotopic (exact) mass is 300 g/mol. The highest BCUT2D eigenvalue weighted by Crippen LogP contribution is 2.44. The Labute approximate surface area is 127 Å². The molecular weight excluding hydrogens is 269 g/mol. The van der Waals surface area contributed by atoms with Crippen LogP contribution in [0, 0.1) is 0 Å². The highest BCUT2D eigenvalue weighted by molar-refractivity contribution is 7.47. The number of nitrogens with zero attached hydrogens (tertiary/aromatic N) is 1. The molecule has 116 valence electrons. The summed E-state index contributed by atoms with van der Waals surface area (Å²) in [5.41, 5.74) is 0. The van der Waals surface area contributed by atoms with E-state index in [1.165, 1.54) is 0 Å². The standard InChI is InChI=1S/C13H31B2N2O2P/c1-7-11-12(8-13(15-14)18-11)19-20(16-6)17(9(2)3)10(4)5/h9-13,15-16H,7-8,14H2,1-6H3/t11-,12?,13-,20?/m1/s1. The van der Waals surface area contributed by atoms with E-state index in [1.807, 2.05) is 7.05 Å². The van der Waals surface area contributed by atoms with Crippen molar-refractivity contribution in [2.45, 2.75) is 77.8 Å². The molecule has 2 unspecified atom stereocenters. The van der Waals surface area contributed by atoms with Crippen molar-refractivity contribution >= 4 is 23.4 Å². The van der Waals surface area contributed by atoms with Crippen LogP contribution in [0.2, 0.25) is 0 Å². The van der Waals surface area contributed by atoms with Gasteiger partial charge in [-0.1, -0.05) is 6.92 Å². The number of ether oxygens (including phenoxy) is 1. The molecule has 0 aromatic carbocycles. The third kappa shape index (κ3) is 4.71. The Bertz CT molecular complexity index is 277. The lowest BCUT2D eigenvalue weighted by Gasteiger charge is -2.38. The predicted octanol–water partition coefficient (Wildman–Crippen LogP) is 1.45. The Morgan fingerprint density at radius 3 is 2.40 bits per heavy atom. The Morgan fingerprint density at radius 2 is 2.00 bits per heavy atom. The first kappa shape index (κ1) is 18.4. The lowest BCUT2D eigenvalue weighted by molar-refractivity contribution is 0.0392. The maximum Gasteiger partial charge on any atom is 0.185 e. The summed E-state index contributed by atoms with van der Waals surface area (Å²) in [6.45, 7) is 11.1. The molecule has 0 spiro atoms. The Balaban J connectivity index is 2.71. The van der Waals surface area contributed by atoms with E-state index in [9.17, 15) is 0 Å². The fraction of sp³-hybridized carbons (Fsp3) is 1.00. The van der Waals surface area contributed by atoms with Crippen LogP contribution in [0.1, 0.15) is 47.5 Å². The van der Waals surface area contributed by atoms with Crippen LogP contribution >= 0.6 is 8.45 Å². The molecule has 1 fully saturated rings. The molecule has 1 saturated heterocycles. The number of hydrogen-bond acceptors (Lipinski definition) is 4. The van der Waals surface area contributed by atoms with Gasteiger partial charge in [-0.15, -0.1) is 0 Å². The molecule has 0 aromatic rings. The summed E-state index contributed by atoms with van der Waals surface area (Å²) in [6.07, 6.45) is 2.53. The third-order valence-electron chi connectivity index (χ3n) is 3.83. The summed E-state index contributed by atoms with van der Waals surface area (Å²) < 4.78 is 14.9. The molecule has 0 amide bonds. The molecule has 7 heteroatoms. The van der Waals surface area contributed by atoms with Gasteiger partial charge in [0.2, 0.25) is 0 Å². The van der Waals surface area contributed by atoms with Gasteiger partial charge < -0.3 is 9.26 Å². The lowest BCUT2D eigenvalue weighted by Crippen LogP contribution is -2.38.